The second kappa shape index (κ2) is 10.4. The molecule has 1 aliphatic heterocycles. The van der Waals surface area contributed by atoms with Crippen molar-refractivity contribution >= 4 is 28.4 Å². The zero-order valence-corrected chi connectivity index (χ0v) is 19.8. The van der Waals surface area contributed by atoms with Crippen molar-refractivity contribution in [2.75, 3.05) is 18.4 Å². The van der Waals surface area contributed by atoms with Crippen LogP contribution in [0.2, 0.25) is 0 Å². The Labute approximate surface area is 211 Å². The molecule has 0 radical (unpaired) electrons. The molecule has 1 N–H and O–H groups in total. The van der Waals surface area contributed by atoms with Crippen LogP contribution < -0.4 is 5.32 Å². The molecule has 1 aromatic heterocycles. The molecule has 0 saturated carbocycles. The van der Waals surface area contributed by atoms with E-state index in [1.165, 1.54) is 6.33 Å². The largest absolute Gasteiger partial charge is 0.339 e. The molecule has 9 heteroatoms. The van der Waals surface area contributed by atoms with Crippen LogP contribution in [0.25, 0.3) is 10.9 Å². The number of nitrogens with one attached hydrogen (secondary N) is 1. The molecule has 5 rings (SSSR count). The molecule has 0 spiro atoms. The van der Waals surface area contributed by atoms with Gasteiger partial charge in [-0.3, -0.25) is 9.59 Å². The number of carbonyl (C=O) groups excluding carboxylic acids is 2. The van der Waals surface area contributed by atoms with Crippen molar-refractivity contribution in [3.8, 4) is 0 Å². The van der Waals surface area contributed by atoms with Crippen LogP contribution in [0.3, 0.4) is 0 Å². The van der Waals surface area contributed by atoms with Crippen molar-refractivity contribution in [3.63, 3.8) is 0 Å². The second-order valence-corrected chi connectivity index (χ2v) is 9.03. The summed E-state index contributed by atoms with van der Waals surface area (Å²) >= 11 is 0. The molecule has 2 amide bonds. The van der Waals surface area contributed by atoms with E-state index in [1.807, 2.05) is 29.2 Å². The van der Waals surface area contributed by atoms with E-state index in [-0.39, 0.29) is 11.8 Å². The highest BCUT2D eigenvalue weighted by Gasteiger charge is 2.25. The minimum atomic E-state index is -1.36. The van der Waals surface area contributed by atoms with Gasteiger partial charge in [0.15, 0.2) is 11.6 Å². The van der Waals surface area contributed by atoms with Crippen LogP contribution >= 0.6 is 0 Å². The fraction of sp³-hybridized carbons (Fsp3) is 0.214. The van der Waals surface area contributed by atoms with Gasteiger partial charge < -0.3 is 10.2 Å². The lowest BCUT2D eigenvalue weighted by molar-refractivity contribution is -0.115. The lowest BCUT2D eigenvalue weighted by atomic mass is 9.89. The van der Waals surface area contributed by atoms with E-state index < -0.39 is 35.3 Å². The summed E-state index contributed by atoms with van der Waals surface area (Å²) < 4.78 is 41.0. The number of hydrogen-bond donors (Lipinski definition) is 1. The molecule has 0 unspecified atom stereocenters. The number of rotatable bonds is 5. The number of nitrogens with zero attached hydrogens (tertiary/aromatic N) is 3. The average Bonchev–Trinajstić information content (AvgIpc) is 2.93. The quantitative estimate of drug-likeness (QED) is 0.377. The van der Waals surface area contributed by atoms with Crippen LogP contribution in [0.1, 0.15) is 40.2 Å². The van der Waals surface area contributed by atoms with E-state index in [0.717, 1.165) is 35.4 Å². The first-order valence-electron chi connectivity index (χ1n) is 11.9. The smallest absolute Gasteiger partial charge is 0.253 e. The van der Waals surface area contributed by atoms with Crippen molar-refractivity contribution in [2.24, 2.45) is 0 Å². The third-order valence-corrected chi connectivity index (χ3v) is 6.68. The Kier molecular flexibility index (Phi) is 6.85. The van der Waals surface area contributed by atoms with Gasteiger partial charge in [-0.25, -0.2) is 23.1 Å². The highest BCUT2D eigenvalue weighted by molar-refractivity contribution is 5.98. The number of amides is 2. The fourth-order valence-electron chi connectivity index (χ4n) is 4.65. The number of anilines is 1. The first kappa shape index (κ1) is 24.4. The summed E-state index contributed by atoms with van der Waals surface area (Å²) in [5.41, 5.74) is 2.35. The topological polar surface area (TPSA) is 75.2 Å². The maximum Gasteiger partial charge on any atom is 0.253 e. The Bertz CT molecular complexity index is 1470. The van der Waals surface area contributed by atoms with Gasteiger partial charge in [-0.05, 0) is 66.8 Å². The zero-order valence-electron chi connectivity index (χ0n) is 19.8. The monoisotopic (exact) mass is 504 g/mol. The number of halogens is 3. The van der Waals surface area contributed by atoms with Crippen LogP contribution in [-0.4, -0.2) is 39.8 Å². The number of aromatic nitrogens is 2. The second-order valence-electron chi connectivity index (χ2n) is 9.03. The van der Waals surface area contributed by atoms with Gasteiger partial charge in [0.1, 0.15) is 12.1 Å². The third-order valence-electron chi connectivity index (χ3n) is 6.68. The molecule has 1 aliphatic rings. The number of carbonyl (C=O) groups is 2. The fourth-order valence-corrected chi connectivity index (χ4v) is 4.65. The van der Waals surface area contributed by atoms with Gasteiger partial charge in [0.05, 0.1) is 11.9 Å². The standard InChI is InChI=1S/C28H23F3N4O2/c29-23-6-7-24(30)27(31)22(23)14-26(36)34-21-4-1-17(2-5-21)18-9-11-35(12-10-18)28(37)19-3-8-25-20(13-19)15-32-16-33-25/h1-8,13,15-16,18H,9-12,14H2,(H,34,36). The molecule has 1 saturated heterocycles. The number of benzene rings is 3. The van der Waals surface area contributed by atoms with E-state index in [4.69, 9.17) is 0 Å². The van der Waals surface area contributed by atoms with Gasteiger partial charge in [0.25, 0.3) is 5.91 Å². The normalized spacial score (nSPS) is 14.1. The third kappa shape index (κ3) is 5.30. The van der Waals surface area contributed by atoms with Crippen LogP contribution in [-0.2, 0) is 11.2 Å². The van der Waals surface area contributed by atoms with Crippen LogP contribution in [0, 0.1) is 17.5 Å². The van der Waals surface area contributed by atoms with Gasteiger partial charge in [-0.2, -0.15) is 0 Å². The Morgan fingerprint density at radius 2 is 1.68 bits per heavy atom. The molecule has 0 bridgehead atoms. The van der Waals surface area contributed by atoms with Gasteiger partial charge >= 0.3 is 0 Å². The number of likely N-dealkylation sites (tertiary alicyclic amines) is 1. The summed E-state index contributed by atoms with van der Waals surface area (Å²) in [6, 6.07) is 14.1. The summed E-state index contributed by atoms with van der Waals surface area (Å²) in [5, 5.41) is 3.41. The molecule has 0 atom stereocenters. The van der Waals surface area contributed by atoms with E-state index in [0.29, 0.717) is 30.4 Å². The maximum atomic E-state index is 13.8. The summed E-state index contributed by atoms with van der Waals surface area (Å²) in [6.45, 7) is 1.24. The van der Waals surface area contributed by atoms with Crippen LogP contribution in [0.4, 0.5) is 18.9 Å². The minimum absolute atomic E-state index is 0.0200. The Balaban J connectivity index is 1.17. The lowest BCUT2D eigenvalue weighted by Gasteiger charge is -2.32. The molecule has 3 aromatic carbocycles. The van der Waals surface area contributed by atoms with Crippen molar-refractivity contribution in [2.45, 2.75) is 25.2 Å². The Hall–Kier alpha value is -4.27. The first-order valence-corrected chi connectivity index (χ1v) is 11.9. The van der Waals surface area contributed by atoms with Crippen LogP contribution in [0.5, 0.6) is 0 Å². The predicted octanol–water partition coefficient (Wildman–Crippen LogP) is 5.25. The van der Waals surface area contributed by atoms with Crippen molar-refractivity contribution in [1.29, 1.82) is 0 Å². The highest BCUT2D eigenvalue weighted by Crippen LogP contribution is 2.30. The summed E-state index contributed by atoms with van der Waals surface area (Å²) in [4.78, 5) is 35.3. The van der Waals surface area contributed by atoms with Gasteiger partial charge in [-0.1, -0.05) is 12.1 Å². The highest BCUT2D eigenvalue weighted by atomic mass is 19.2. The average molecular weight is 505 g/mol. The SMILES string of the molecule is O=C(Cc1c(F)ccc(F)c1F)Nc1ccc(C2CCN(C(=O)c3ccc4ncncc4c3)CC2)cc1. The Morgan fingerprint density at radius 1 is 0.946 bits per heavy atom. The van der Waals surface area contributed by atoms with E-state index >= 15 is 0 Å². The Morgan fingerprint density at radius 3 is 2.43 bits per heavy atom. The van der Waals surface area contributed by atoms with Gasteiger partial charge in [0, 0.05) is 41.5 Å². The zero-order chi connectivity index (χ0) is 25.9. The molecular weight excluding hydrogens is 481 g/mol. The summed E-state index contributed by atoms with van der Waals surface area (Å²) in [6.07, 6.45) is 4.15. The summed E-state index contributed by atoms with van der Waals surface area (Å²) in [5.74, 6) is -3.94. The molecule has 1 fully saturated rings. The van der Waals surface area contributed by atoms with E-state index in [1.54, 1.807) is 24.4 Å². The summed E-state index contributed by atoms with van der Waals surface area (Å²) in [7, 11) is 0. The predicted molar refractivity (Wildman–Crippen MR) is 133 cm³/mol. The molecule has 2 heterocycles. The van der Waals surface area contributed by atoms with Crippen molar-refractivity contribution in [1.82, 2.24) is 14.9 Å². The number of fused-ring (bicyclic) bond motifs is 1. The minimum Gasteiger partial charge on any atom is -0.339 e. The molecule has 188 valence electrons. The maximum absolute atomic E-state index is 13.8. The molecule has 37 heavy (non-hydrogen) atoms. The van der Waals surface area contributed by atoms with Crippen LogP contribution in [0.15, 0.2) is 67.1 Å². The molecular formula is C28H23F3N4O2. The van der Waals surface area contributed by atoms with E-state index in [2.05, 4.69) is 15.3 Å². The lowest BCUT2D eigenvalue weighted by Crippen LogP contribution is -2.37. The molecule has 6 nitrogen and oxygen atoms in total. The van der Waals surface area contributed by atoms with Crippen molar-refractivity contribution < 1.29 is 22.8 Å². The molecule has 4 aromatic rings. The first-order chi connectivity index (χ1) is 17.9. The van der Waals surface area contributed by atoms with E-state index in [9.17, 15) is 22.8 Å². The number of piperidine rings is 1. The van der Waals surface area contributed by atoms with Gasteiger partial charge in [-0.15, -0.1) is 0 Å². The van der Waals surface area contributed by atoms with Gasteiger partial charge in [0.2, 0.25) is 5.91 Å². The van der Waals surface area contributed by atoms with Crippen molar-refractivity contribution in [3.05, 3.63) is 101 Å². The molecule has 0 aliphatic carbocycles. The number of hydrogen-bond acceptors (Lipinski definition) is 4.